The Morgan fingerprint density at radius 2 is 1.89 bits per heavy atom. The minimum absolute atomic E-state index is 0.298. The molecule has 0 bridgehead atoms. The van der Waals surface area contributed by atoms with Crippen molar-refractivity contribution in [2.45, 2.75) is 38.5 Å². The molecule has 2 heterocycles. The van der Waals surface area contributed by atoms with Crippen LogP contribution in [0.2, 0.25) is 0 Å². The van der Waals surface area contributed by atoms with Gasteiger partial charge in [-0.2, -0.15) is 0 Å². The van der Waals surface area contributed by atoms with Gasteiger partial charge in [-0.1, -0.05) is 19.3 Å². The second-order valence-electron chi connectivity index (χ2n) is 5.70. The molecule has 18 heavy (non-hydrogen) atoms. The van der Waals surface area contributed by atoms with E-state index in [0.717, 1.165) is 45.4 Å². The van der Waals surface area contributed by atoms with Crippen molar-refractivity contribution < 1.29 is 9.53 Å². The van der Waals surface area contributed by atoms with Crippen molar-refractivity contribution in [2.24, 2.45) is 5.41 Å². The van der Waals surface area contributed by atoms with Crippen LogP contribution in [0.4, 0.5) is 0 Å². The lowest BCUT2D eigenvalue weighted by molar-refractivity contribution is -0.144. The summed E-state index contributed by atoms with van der Waals surface area (Å²) >= 11 is 0. The predicted molar refractivity (Wildman–Crippen MR) is 71.5 cm³/mol. The van der Waals surface area contributed by atoms with Gasteiger partial charge in [0.1, 0.15) is 0 Å². The third-order valence-electron chi connectivity index (χ3n) is 4.26. The van der Waals surface area contributed by atoms with Crippen molar-refractivity contribution in [1.29, 1.82) is 0 Å². The Balaban J connectivity index is 2.02. The molecule has 1 atom stereocenters. The van der Waals surface area contributed by atoms with Gasteiger partial charge >= 0.3 is 0 Å². The number of nitrogens with zero attached hydrogens (tertiary/aromatic N) is 1. The van der Waals surface area contributed by atoms with Crippen LogP contribution in [0.15, 0.2) is 0 Å². The highest BCUT2D eigenvalue weighted by Crippen LogP contribution is 2.29. The molecular formula is C14H26N2O2. The first kappa shape index (κ1) is 13.8. The summed E-state index contributed by atoms with van der Waals surface area (Å²) in [5.74, 6) is 0.316. The Morgan fingerprint density at radius 3 is 2.44 bits per heavy atom. The van der Waals surface area contributed by atoms with E-state index in [1.165, 1.54) is 19.3 Å². The first-order chi connectivity index (χ1) is 8.78. The van der Waals surface area contributed by atoms with E-state index in [2.05, 4.69) is 10.2 Å². The number of hydrogen-bond donors (Lipinski definition) is 1. The summed E-state index contributed by atoms with van der Waals surface area (Å²) in [4.78, 5) is 14.9. The molecule has 0 radical (unpaired) electrons. The second kappa shape index (κ2) is 6.53. The third kappa shape index (κ3) is 3.04. The van der Waals surface area contributed by atoms with Crippen LogP contribution in [-0.4, -0.2) is 50.7 Å². The van der Waals surface area contributed by atoms with Gasteiger partial charge in [0.25, 0.3) is 0 Å². The maximum Gasteiger partial charge on any atom is 0.232 e. The molecule has 2 aliphatic rings. The summed E-state index contributed by atoms with van der Waals surface area (Å²) in [6.45, 7) is 4.13. The summed E-state index contributed by atoms with van der Waals surface area (Å²) in [5, 5.41) is 3.32. The molecule has 0 aromatic rings. The Morgan fingerprint density at radius 1 is 1.22 bits per heavy atom. The number of hydrogen-bond acceptors (Lipinski definition) is 3. The molecule has 2 fully saturated rings. The maximum atomic E-state index is 12.8. The van der Waals surface area contributed by atoms with Crippen molar-refractivity contribution >= 4 is 5.91 Å². The van der Waals surface area contributed by atoms with E-state index in [0.29, 0.717) is 12.5 Å². The second-order valence-corrected chi connectivity index (χ2v) is 5.70. The normalized spacial score (nSPS) is 29.9. The topological polar surface area (TPSA) is 41.6 Å². The van der Waals surface area contributed by atoms with E-state index in [9.17, 15) is 4.79 Å². The summed E-state index contributed by atoms with van der Waals surface area (Å²) in [7, 11) is 1.70. The molecule has 4 nitrogen and oxygen atoms in total. The molecule has 0 aromatic carbocycles. The monoisotopic (exact) mass is 254 g/mol. The molecule has 104 valence electrons. The van der Waals surface area contributed by atoms with Gasteiger partial charge in [0, 0.05) is 26.7 Å². The lowest BCUT2D eigenvalue weighted by atomic mass is 9.86. The SMILES string of the molecule is COCC1(C(=O)N2CCCCCCC2)CCNC1. The molecule has 0 aromatic heterocycles. The van der Waals surface area contributed by atoms with Crippen LogP contribution in [0.5, 0.6) is 0 Å². The Labute approximate surface area is 110 Å². The number of rotatable bonds is 3. The van der Waals surface area contributed by atoms with E-state index in [-0.39, 0.29) is 5.41 Å². The standard InChI is InChI=1S/C14H26N2O2/c1-18-12-14(7-8-15-11-14)13(17)16-9-5-3-2-4-6-10-16/h15H,2-12H2,1H3. The largest absolute Gasteiger partial charge is 0.384 e. The number of nitrogens with one attached hydrogen (secondary N) is 1. The Hall–Kier alpha value is -0.610. The van der Waals surface area contributed by atoms with Crippen LogP contribution in [0.3, 0.4) is 0 Å². The number of carbonyl (C=O) groups is 1. The third-order valence-corrected chi connectivity index (χ3v) is 4.26. The summed E-state index contributed by atoms with van der Waals surface area (Å²) in [6, 6.07) is 0. The highest BCUT2D eigenvalue weighted by Gasteiger charge is 2.43. The summed E-state index contributed by atoms with van der Waals surface area (Å²) in [6.07, 6.45) is 7.08. The zero-order chi connectivity index (χ0) is 12.8. The molecule has 2 aliphatic heterocycles. The number of likely N-dealkylation sites (tertiary alicyclic amines) is 1. The minimum Gasteiger partial charge on any atom is -0.384 e. The predicted octanol–water partition coefficient (Wildman–Crippen LogP) is 1.41. The van der Waals surface area contributed by atoms with Gasteiger partial charge in [-0.15, -0.1) is 0 Å². The molecule has 1 unspecified atom stereocenters. The fourth-order valence-electron chi connectivity index (χ4n) is 3.17. The van der Waals surface area contributed by atoms with E-state index >= 15 is 0 Å². The van der Waals surface area contributed by atoms with E-state index in [1.807, 2.05) is 0 Å². The summed E-state index contributed by atoms with van der Waals surface area (Å²) in [5.41, 5.74) is -0.298. The van der Waals surface area contributed by atoms with Gasteiger partial charge in [0.05, 0.1) is 12.0 Å². The molecule has 4 heteroatoms. The Bertz CT molecular complexity index is 267. The highest BCUT2D eigenvalue weighted by atomic mass is 16.5. The van der Waals surface area contributed by atoms with Gasteiger partial charge in [0.15, 0.2) is 0 Å². The van der Waals surface area contributed by atoms with E-state index in [4.69, 9.17) is 4.74 Å². The summed E-state index contributed by atoms with van der Waals surface area (Å²) < 4.78 is 5.31. The molecule has 0 spiro atoms. The number of carbonyl (C=O) groups excluding carboxylic acids is 1. The molecule has 0 saturated carbocycles. The molecule has 2 saturated heterocycles. The zero-order valence-electron chi connectivity index (χ0n) is 11.5. The quantitative estimate of drug-likeness (QED) is 0.828. The van der Waals surface area contributed by atoms with Gasteiger partial charge in [-0.3, -0.25) is 4.79 Å². The fourth-order valence-corrected chi connectivity index (χ4v) is 3.17. The van der Waals surface area contributed by atoms with Crippen molar-refractivity contribution in [3.8, 4) is 0 Å². The lowest BCUT2D eigenvalue weighted by Crippen LogP contribution is -2.48. The average Bonchev–Trinajstić information content (AvgIpc) is 2.78. The smallest absolute Gasteiger partial charge is 0.232 e. The van der Waals surface area contributed by atoms with Crippen molar-refractivity contribution in [2.75, 3.05) is 39.9 Å². The number of methoxy groups -OCH3 is 1. The number of ether oxygens (including phenoxy) is 1. The van der Waals surface area contributed by atoms with E-state index in [1.54, 1.807) is 7.11 Å². The van der Waals surface area contributed by atoms with Gasteiger partial charge in [0.2, 0.25) is 5.91 Å². The van der Waals surface area contributed by atoms with Crippen LogP contribution >= 0.6 is 0 Å². The van der Waals surface area contributed by atoms with E-state index < -0.39 is 0 Å². The number of amides is 1. The van der Waals surface area contributed by atoms with Crippen LogP contribution < -0.4 is 5.32 Å². The van der Waals surface area contributed by atoms with Gasteiger partial charge in [-0.25, -0.2) is 0 Å². The molecule has 2 rings (SSSR count). The van der Waals surface area contributed by atoms with Gasteiger partial charge in [-0.05, 0) is 25.8 Å². The zero-order valence-corrected chi connectivity index (χ0v) is 11.5. The lowest BCUT2D eigenvalue weighted by Gasteiger charge is -2.34. The maximum absolute atomic E-state index is 12.8. The van der Waals surface area contributed by atoms with Crippen LogP contribution in [0, 0.1) is 5.41 Å². The molecular weight excluding hydrogens is 228 g/mol. The Kier molecular flexibility index (Phi) is 5.01. The first-order valence-electron chi connectivity index (χ1n) is 7.27. The molecule has 1 amide bonds. The fraction of sp³-hybridized carbons (Fsp3) is 0.929. The van der Waals surface area contributed by atoms with Crippen LogP contribution in [0.1, 0.15) is 38.5 Å². The van der Waals surface area contributed by atoms with Crippen LogP contribution in [-0.2, 0) is 9.53 Å². The van der Waals surface area contributed by atoms with Crippen molar-refractivity contribution in [3.05, 3.63) is 0 Å². The molecule has 1 N–H and O–H groups in total. The van der Waals surface area contributed by atoms with Crippen molar-refractivity contribution in [3.63, 3.8) is 0 Å². The van der Waals surface area contributed by atoms with Crippen LogP contribution in [0.25, 0.3) is 0 Å². The average molecular weight is 254 g/mol. The van der Waals surface area contributed by atoms with Gasteiger partial charge < -0.3 is 15.0 Å². The van der Waals surface area contributed by atoms with Crippen molar-refractivity contribution in [1.82, 2.24) is 10.2 Å². The molecule has 0 aliphatic carbocycles. The first-order valence-corrected chi connectivity index (χ1v) is 7.27. The minimum atomic E-state index is -0.298. The highest BCUT2D eigenvalue weighted by molar-refractivity contribution is 5.83.